The van der Waals surface area contributed by atoms with Crippen LogP contribution in [0.4, 0.5) is 11.4 Å². The zero-order valence-electron chi connectivity index (χ0n) is 16.0. The second-order valence-electron chi connectivity index (χ2n) is 5.76. The number of nitro benzene ring substituents is 1. The van der Waals surface area contributed by atoms with E-state index in [-0.39, 0.29) is 18.0 Å². The Bertz CT molecular complexity index is 815. The summed E-state index contributed by atoms with van der Waals surface area (Å²) in [7, 11) is 4.53. The predicted octanol–water partition coefficient (Wildman–Crippen LogP) is 2.39. The number of nitrogens with zero attached hydrogens (tertiary/aromatic N) is 1. The minimum atomic E-state index is -0.453. The molecule has 9 nitrogen and oxygen atoms in total. The number of amides is 1. The average Bonchev–Trinajstić information content (AvgIpc) is 2.70. The quantitative estimate of drug-likeness (QED) is 0.364. The number of nitro groups is 1. The van der Waals surface area contributed by atoms with Gasteiger partial charge in [0, 0.05) is 19.2 Å². The van der Waals surface area contributed by atoms with Crippen LogP contribution in [0.5, 0.6) is 17.2 Å². The van der Waals surface area contributed by atoms with Crippen molar-refractivity contribution in [1.29, 1.82) is 0 Å². The SMILES string of the molecule is COc1cc(CC(=O)NCCNc2ccccc2[N+](=O)[O-])cc(OC)c1OC. The lowest BCUT2D eigenvalue weighted by atomic mass is 10.1. The van der Waals surface area contributed by atoms with Crippen LogP contribution in [-0.2, 0) is 11.2 Å². The van der Waals surface area contributed by atoms with Crippen molar-refractivity contribution in [2.45, 2.75) is 6.42 Å². The Morgan fingerprint density at radius 3 is 2.25 bits per heavy atom. The minimum absolute atomic E-state index is 0.00810. The van der Waals surface area contributed by atoms with E-state index >= 15 is 0 Å². The Balaban J connectivity index is 1.90. The monoisotopic (exact) mass is 389 g/mol. The highest BCUT2D eigenvalue weighted by molar-refractivity contribution is 5.79. The van der Waals surface area contributed by atoms with Gasteiger partial charge in [-0.25, -0.2) is 0 Å². The summed E-state index contributed by atoms with van der Waals surface area (Å²) in [6.07, 6.45) is 0.127. The van der Waals surface area contributed by atoms with Crippen molar-refractivity contribution in [2.75, 3.05) is 39.7 Å². The van der Waals surface area contributed by atoms with Gasteiger partial charge in [-0.15, -0.1) is 0 Å². The minimum Gasteiger partial charge on any atom is -0.493 e. The Labute approximate surface area is 162 Å². The number of anilines is 1. The lowest BCUT2D eigenvalue weighted by Gasteiger charge is -2.14. The molecule has 2 aromatic rings. The number of ether oxygens (including phenoxy) is 3. The van der Waals surface area contributed by atoms with E-state index in [1.807, 2.05) is 0 Å². The second-order valence-corrected chi connectivity index (χ2v) is 5.76. The van der Waals surface area contributed by atoms with Crippen LogP contribution in [0.1, 0.15) is 5.56 Å². The van der Waals surface area contributed by atoms with E-state index in [2.05, 4.69) is 10.6 Å². The summed E-state index contributed by atoms with van der Waals surface area (Å²) in [6, 6.07) is 9.78. The molecule has 0 saturated heterocycles. The normalized spacial score (nSPS) is 10.1. The largest absolute Gasteiger partial charge is 0.493 e. The summed E-state index contributed by atoms with van der Waals surface area (Å²) in [6.45, 7) is 0.668. The molecule has 2 N–H and O–H groups in total. The maximum absolute atomic E-state index is 12.2. The summed E-state index contributed by atoms with van der Waals surface area (Å²) in [5, 5.41) is 16.7. The number of methoxy groups -OCH3 is 3. The second kappa shape index (κ2) is 10.0. The molecular weight excluding hydrogens is 366 g/mol. The van der Waals surface area contributed by atoms with Crippen molar-refractivity contribution in [3.05, 3.63) is 52.1 Å². The van der Waals surface area contributed by atoms with Crippen LogP contribution in [-0.4, -0.2) is 45.2 Å². The maximum atomic E-state index is 12.2. The summed E-state index contributed by atoms with van der Waals surface area (Å²) in [5.41, 5.74) is 1.11. The third-order valence-electron chi connectivity index (χ3n) is 3.95. The van der Waals surface area contributed by atoms with E-state index < -0.39 is 4.92 Å². The van der Waals surface area contributed by atoms with E-state index in [9.17, 15) is 14.9 Å². The van der Waals surface area contributed by atoms with E-state index in [1.165, 1.54) is 27.4 Å². The molecule has 0 atom stereocenters. The lowest BCUT2D eigenvalue weighted by molar-refractivity contribution is -0.384. The van der Waals surface area contributed by atoms with E-state index in [0.29, 0.717) is 41.6 Å². The number of carbonyl (C=O) groups excluding carboxylic acids is 1. The highest BCUT2D eigenvalue weighted by atomic mass is 16.6. The summed E-state index contributed by atoms with van der Waals surface area (Å²) in [4.78, 5) is 22.7. The highest BCUT2D eigenvalue weighted by Crippen LogP contribution is 2.38. The van der Waals surface area contributed by atoms with Gasteiger partial charge in [-0.2, -0.15) is 0 Å². The van der Waals surface area contributed by atoms with Gasteiger partial charge in [-0.3, -0.25) is 14.9 Å². The first-order valence-electron chi connectivity index (χ1n) is 8.53. The van der Waals surface area contributed by atoms with E-state index in [0.717, 1.165) is 0 Å². The van der Waals surface area contributed by atoms with Gasteiger partial charge in [0.2, 0.25) is 11.7 Å². The van der Waals surface area contributed by atoms with Crippen LogP contribution in [0.15, 0.2) is 36.4 Å². The highest BCUT2D eigenvalue weighted by Gasteiger charge is 2.15. The Kier molecular flexibility index (Phi) is 7.44. The van der Waals surface area contributed by atoms with Crippen LogP contribution in [0, 0.1) is 10.1 Å². The van der Waals surface area contributed by atoms with Gasteiger partial charge >= 0.3 is 0 Å². The van der Waals surface area contributed by atoms with Crippen LogP contribution in [0.3, 0.4) is 0 Å². The molecule has 2 rings (SSSR count). The molecule has 0 aliphatic heterocycles. The summed E-state index contributed by atoms with van der Waals surface area (Å²) >= 11 is 0. The number of rotatable bonds is 10. The fourth-order valence-electron chi connectivity index (χ4n) is 2.67. The number of nitrogens with one attached hydrogen (secondary N) is 2. The Hall–Kier alpha value is -3.49. The average molecular weight is 389 g/mol. The van der Waals surface area contributed by atoms with Crippen LogP contribution < -0.4 is 24.8 Å². The summed E-state index contributed by atoms with van der Waals surface area (Å²) in [5.74, 6) is 1.21. The smallest absolute Gasteiger partial charge is 0.292 e. The van der Waals surface area contributed by atoms with Crippen molar-refractivity contribution < 1.29 is 23.9 Å². The van der Waals surface area contributed by atoms with Crippen LogP contribution >= 0.6 is 0 Å². The number of benzene rings is 2. The standard InChI is InChI=1S/C19H23N3O6/c1-26-16-10-13(11-17(27-2)19(16)28-3)12-18(23)21-9-8-20-14-6-4-5-7-15(14)22(24)25/h4-7,10-11,20H,8-9,12H2,1-3H3,(H,21,23). The van der Waals surface area contributed by atoms with E-state index in [1.54, 1.807) is 30.3 Å². The molecule has 0 fully saturated rings. The van der Waals surface area contributed by atoms with E-state index in [4.69, 9.17) is 14.2 Å². The number of hydrogen-bond acceptors (Lipinski definition) is 7. The first-order chi connectivity index (χ1) is 13.5. The van der Waals surface area contributed by atoms with Gasteiger partial charge in [0.15, 0.2) is 11.5 Å². The van der Waals surface area contributed by atoms with Crippen molar-refractivity contribution >= 4 is 17.3 Å². The van der Waals surface area contributed by atoms with Crippen LogP contribution in [0.25, 0.3) is 0 Å². The molecule has 9 heteroatoms. The summed E-state index contributed by atoms with van der Waals surface area (Å²) < 4.78 is 15.8. The molecule has 0 radical (unpaired) electrons. The molecule has 0 spiro atoms. The van der Waals surface area contributed by atoms with Crippen molar-refractivity contribution in [3.63, 3.8) is 0 Å². The molecular formula is C19H23N3O6. The molecule has 0 unspecified atom stereocenters. The topological polar surface area (TPSA) is 112 Å². The molecule has 28 heavy (non-hydrogen) atoms. The van der Waals surface area contributed by atoms with Gasteiger partial charge in [0.05, 0.1) is 32.7 Å². The Morgan fingerprint density at radius 2 is 1.68 bits per heavy atom. The lowest BCUT2D eigenvalue weighted by Crippen LogP contribution is -2.30. The number of carbonyl (C=O) groups is 1. The van der Waals surface area contributed by atoms with Gasteiger partial charge in [-0.05, 0) is 23.8 Å². The third kappa shape index (κ3) is 5.26. The molecule has 1 amide bonds. The molecule has 2 aromatic carbocycles. The Morgan fingerprint density at radius 1 is 1.04 bits per heavy atom. The molecule has 0 aliphatic rings. The van der Waals surface area contributed by atoms with Crippen molar-refractivity contribution in [1.82, 2.24) is 5.32 Å². The maximum Gasteiger partial charge on any atom is 0.292 e. The van der Waals surface area contributed by atoms with Crippen molar-refractivity contribution in [3.8, 4) is 17.2 Å². The first kappa shape index (κ1) is 20.8. The molecule has 0 saturated carbocycles. The zero-order chi connectivity index (χ0) is 20.5. The van der Waals surface area contributed by atoms with Gasteiger partial charge in [-0.1, -0.05) is 12.1 Å². The third-order valence-corrected chi connectivity index (χ3v) is 3.95. The molecule has 0 heterocycles. The first-order valence-corrected chi connectivity index (χ1v) is 8.53. The zero-order valence-corrected chi connectivity index (χ0v) is 16.0. The molecule has 150 valence electrons. The van der Waals surface area contributed by atoms with Gasteiger partial charge in [0.25, 0.3) is 5.69 Å². The van der Waals surface area contributed by atoms with Gasteiger partial charge < -0.3 is 24.8 Å². The predicted molar refractivity (Wildman–Crippen MR) is 104 cm³/mol. The van der Waals surface area contributed by atoms with Crippen LogP contribution in [0.2, 0.25) is 0 Å². The number of hydrogen-bond donors (Lipinski definition) is 2. The fraction of sp³-hybridized carbons (Fsp3) is 0.316. The molecule has 0 bridgehead atoms. The fourth-order valence-corrected chi connectivity index (χ4v) is 2.67. The van der Waals surface area contributed by atoms with Crippen molar-refractivity contribution in [2.24, 2.45) is 0 Å². The molecule has 0 aromatic heterocycles. The molecule has 0 aliphatic carbocycles. The number of para-hydroxylation sites is 2. The van der Waals surface area contributed by atoms with Gasteiger partial charge in [0.1, 0.15) is 5.69 Å².